The Morgan fingerprint density at radius 2 is 1.74 bits per heavy atom. The van der Waals surface area contributed by atoms with Gasteiger partial charge in [0.25, 0.3) is 5.91 Å². The van der Waals surface area contributed by atoms with Gasteiger partial charge in [0, 0.05) is 10.9 Å². The van der Waals surface area contributed by atoms with E-state index in [9.17, 15) is 9.59 Å². The second-order valence-corrected chi connectivity index (χ2v) is 8.83. The third-order valence-corrected chi connectivity index (χ3v) is 6.50. The highest BCUT2D eigenvalue weighted by Crippen LogP contribution is 2.39. The van der Waals surface area contributed by atoms with Crippen molar-refractivity contribution >= 4 is 44.1 Å². The quantitative estimate of drug-likeness (QED) is 0.315. The van der Waals surface area contributed by atoms with Gasteiger partial charge in [-0.3, -0.25) is 4.79 Å². The zero-order valence-electron chi connectivity index (χ0n) is 19.4. The minimum absolute atomic E-state index is 0.207. The van der Waals surface area contributed by atoms with Crippen molar-refractivity contribution in [3.05, 3.63) is 57.4 Å². The standard InChI is InChI=1S/C25H26BrNO6S/c1-5-15-7-9-19(18(26)11-15)33-13-22(28)27-24-23(25(29)32-6-2)17(14-34-24)16-8-10-20(30-3)21(12-16)31-4/h7-12,14H,5-6,13H2,1-4H3,(H,27,28). The number of methoxy groups -OCH3 is 2. The molecule has 0 aliphatic rings. The molecule has 2 aromatic carbocycles. The fourth-order valence-corrected chi connectivity index (χ4v) is 4.77. The summed E-state index contributed by atoms with van der Waals surface area (Å²) in [4.78, 5) is 25.5. The van der Waals surface area contributed by atoms with Gasteiger partial charge in [-0.05, 0) is 64.7 Å². The summed E-state index contributed by atoms with van der Waals surface area (Å²) in [6, 6.07) is 11.1. The number of esters is 1. The van der Waals surface area contributed by atoms with E-state index in [1.54, 1.807) is 38.7 Å². The predicted molar refractivity (Wildman–Crippen MR) is 136 cm³/mol. The largest absolute Gasteiger partial charge is 0.493 e. The first-order valence-corrected chi connectivity index (χ1v) is 12.3. The van der Waals surface area contributed by atoms with Crippen LogP contribution in [0.1, 0.15) is 29.8 Å². The number of rotatable bonds is 10. The average Bonchev–Trinajstić information content (AvgIpc) is 3.26. The number of anilines is 1. The minimum Gasteiger partial charge on any atom is -0.493 e. The molecule has 0 unspecified atom stereocenters. The molecule has 1 amide bonds. The molecule has 0 atom stereocenters. The second kappa shape index (κ2) is 11.9. The van der Waals surface area contributed by atoms with Crippen LogP contribution in [0.4, 0.5) is 5.00 Å². The molecule has 9 heteroatoms. The summed E-state index contributed by atoms with van der Waals surface area (Å²) < 4.78 is 22.4. The lowest BCUT2D eigenvalue weighted by molar-refractivity contribution is -0.118. The number of hydrogen-bond donors (Lipinski definition) is 1. The summed E-state index contributed by atoms with van der Waals surface area (Å²) in [5.41, 5.74) is 2.79. The zero-order chi connectivity index (χ0) is 24.7. The first kappa shape index (κ1) is 25.6. The normalized spacial score (nSPS) is 10.5. The van der Waals surface area contributed by atoms with Crippen LogP contribution in [0.25, 0.3) is 11.1 Å². The first-order valence-electron chi connectivity index (χ1n) is 10.6. The number of carbonyl (C=O) groups is 2. The van der Waals surface area contributed by atoms with E-state index in [0.29, 0.717) is 27.8 Å². The fraction of sp³-hybridized carbons (Fsp3) is 0.280. The second-order valence-electron chi connectivity index (χ2n) is 7.10. The lowest BCUT2D eigenvalue weighted by atomic mass is 10.0. The topological polar surface area (TPSA) is 83.1 Å². The van der Waals surface area contributed by atoms with E-state index in [0.717, 1.165) is 22.0 Å². The Labute approximate surface area is 211 Å². The van der Waals surface area contributed by atoms with Crippen LogP contribution in [-0.4, -0.2) is 39.3 Å². The van der Waals surface area contributed by atoms with Gasteiger partial charge in [-0.25, -0.2) is 4.79 Å². The number of benzene rings is 2. The maximum atomic E-state index is 12.8. The van der Waals surface area contributed by atoms with E-state index >= 15 is 0 Å². The lowest BCUT2D eigenvalue weighted by Gasteiger charge is -2.12. The van der Waals surface area contributed by atoms with Crippen molar-refractivity contribution in [3.8, 4) is 28.4 Å². The number of amides is 1. The number of nitrogens with one attached hydrogen (secondary N) is 1. The van der Waals surface area contributed by atoms with Crippen molar-refractivity contribution in [1.82, 2.24) is 0 Å². The van der Waals surface area contributed by atoms with Crippen LogP contribution in [0.15, 0.2) is 46.3 Å². The first-order chi connectivity index (χ1) is 16.4. The van der Waals surface area contributed by atoms with E-state index in [4.69, 9.17) is 18.9 Å². The summed E-state index contributed by atoms with van der Waals surface area (Å²) in [5, 5.41) is 4.97. The summed E-state index contributed by atoms with van der Waals surface area (Å²) in [7, 11) is 3.10. The molecule has 3 aromatic rings. The van der Waals surface area contributed by atoms with E-state index in [1.807, 2.05) is 24.3 Å². The van der Waals surface area contributed by atoms with Gasteiger partial charge in [-0.15, -0.1) is 11.3 Å². The van der Waals surface area contributed by atoms with Gasteiger partial charge in [0.05, 0.1) is 25.3 Å². The molecule has 7 nitrogen and oxygen atoms in total. The van der Waals surface area contributed by atoms with Crippen molar-refractivity contribution in [2.24, 2.45) is 0 Å². The highest BCUT2D eigenvalue weighted by Gasteiger charge is 2.24. The Bertz CT molecular complexity index is 1180. The summed E-state index contributed by atoms with van der Waals surface area (Å²) in [6.07, 6.45) is 0.900. The van der Waals surface area contributed by atoms with Crippen molar-refractivity contribution < 1.29 is 28.5 Å². The Balaban J connectivity index is 1.83. The fourth-order valence-electron chi connectivity index (χ4n) is 3.26. The molecular weight excluding hydrogens is 522 g/mol. The monoisotopic (exact) mass is 547 g/mol. The van der Waals surface area contributed by atoms with Gasteiger partial charge >= 0.3 is 5.97 Å². The van der Waals surface area contributed by atoms with Gasteiger partial charge in [0.15, 0.2) is 18.1 Å². The van der Waals surface area contributed by atoms with Crippen LogP contribution in [0.2, 0.25) is 0 Å². The van der Waals surface area contributed by atoms with E-state index in [2.05, 4.69) is 28.2 Å². The van der Waals surface area contributed by atoms with Crippen LogP contribution >= 0.6 is 27.3 Å². The molecule has 34 heavy (non-hydrogen) atoms. The molecule has 0 spiro atoms. The molecule has 0 saturated carbocycles. The number of thiophene rings is 1. The van der Waals surface area contributed by atoms with Gasteiger partial charge in [-0.2, -0.15) is 0 Å². The van der Waals surface area contributed by atoms with Crippen molar-refractivity contribution in [1.29, 1.82) is 0 Å². The Morgan fingerprint density at radius 3 is 2.38 bits per heavy atom. The number of ether oxygens (including phenoxy) is 4. The van der Waals surface area contributed by atoms with Gasteiger partial charge < -0.3 is 24.3 Å². The number of aryl methyl sites for hydroxylation is 1. The number of carbonyl (C=O) groups excluding carboxylic acids is 2. The molecule has 0 bridgehead atoms. The third kappa shape index (κ3) is 5.90. The molecule has 0 fully saturated rings. The van der Waals surface area contributed by atoms with E-state index in [1.165, 1.54) is 11.3 Å². The lowest BCUT2D eigenvalue weighted by Crippen LogP contribution is -2.21. The molecule has 180 valence electrons. The summed E-state index contributed by atoms with van der Waals surface area (Å²) >= 11 is 4.71. The smallest absolute Gasteiger partial charge is 0.341 e. The van der Waals surface area contributed by atoms with Crippen molar-refractivity contribution in [2.45, 2.75) is 20.3 Å². The third-order valence-electron chi connectivity index (χ3n) is 4.98. The molecule has 1 heterocycles. The molecule has 1 N–H and O–H groups in total. The Morgan fingerprint density at radius 1 is 1.00 bits per heavy atom. The van der Waals surface area contributed by atoms with Gasteiger partial charge in [-0.1, -0.05) is 19.1 Å². The predicted octanol–water partition coefficient (Wildman–Crippen LogP) is 5.95. The van der Waals surface area contributed by atoms with Crippen LogP contribution in [0.3, 0.4) is 0 Å². The highest BCUT2D eigenvalue weighted by molar-refractivity contribution is 9.10. The Hall–Kier alpha value is -3.04. The van der Waals surface area contributed by atoms with Gasteiger partial charge in [0.1, 0.15) is 16.3 Å². The molecule has 0 aliphatic carbocycles. The van der Waals surface area contributed by atoms with E-state index < -0.39 is 11.9 Å². The molecule has 3 rings (SSSR count). The Kier molecular flexibility index (Phi) is 8.95. The van der Waals surface area contributed by atoms with Crippen LogP contribution < -0.4 is 19.5 Å². The molecule has 1 aromatic heterocycles. The molecule has 0 aliphatic heterocycles. The van der Waals surface area contributed by atoms with Crippen LogP contribution in [0, 0.1) is 0 Å². The van der Waals surface area contributed by atoms with Crippen molar-refractivity contribution in [2.75, 3.05) is 32.8 Å². The average molecular weight is 548 g/mol. The van der Waals surface area contributed by atoms with Crippen LogP contribution in [-0.2, 0) is 16.0 Å². The van der Waals surface area contributed by atoms with Crippen molar-refractivity contribution in [3.63, 3.8) is 0 Å². The number of halogens is 1. The summed E-state index contributed by atoms with van der Waals surface area (Å²) in [6.45, 7) is 3.79. The van der Waals surface area contributed by atoms with E-state index in [-0.39, 0.29) is 18.8 Å². The number of hydrogen-bond acceptors (Lipinski definition) is 7. The van der Waals surface area contributed by atoms with Crippen LogP contribution in [0.5, 0.6) is 17.2 Å². The molecular formula is C25H26BrNO6S. The molecule has 0 radical (unpaired) electrons. The zero-order valence-corrected chi connectivity index (χ0v) is 21.8. The minimum atomic E-state index is -0.525. The SMILES string of the molecule is CCOC(=O)c1c(-c2ccc(OC)c(OC)c2)csc1NC(=O)COc1ccc(CC)cc1Br. The highest BCUT2D eigenvalue weighted by atomic mass is 79.9. The summed E-state index contributed by atoms with van der Waals surface area (Å²) in [5.74, 6) is 0.748. The van der Waals surface area contributed by atoms with Gasteiger partial charge in [0.2, 0.25) is 0 Å². The molecule has 0 saturated heterocycles. The maximum Gasteiger partial charge on any atom is 0.341 e. The maximum absolute atomic E-state index is 12.8.